The highest BCUT2D eigenvalue weighted by Gasteiger charge is 2.21. The Labute approximate surface area is 155 Å². The molecule has 0 spiro atoms. The van der Waals surface area contributed by atoms with Gasteiger partial charge in [-0.05, 0) is 29.9 Å². The lowest BCUT2D eigenvalue weighted by molar-refractivity contribution is -0.115. The van der Waals surface area contributed by atoms with Crippen LogP contribution in [0.2, 0.25) is 0 Å². The molecule has 2 aromatic heterocycles. The minimum atomic E-state index is -0.259. The summed E-state index contributed by atoms with van der Waals surface area (Å²) in [6.07, 6.45) is 7.17. The predicted molar refractivity (Wildman–Crippen MR) is 103 cm³/mol. The highest BCUT2D eigenvalue weighted by atomic mass is 32.1. The van der Waals surface area contributed by atoms with Crippen molar-refractivity contribution in [1.29, 1.82) is 0 Å². The van der Waals surface area contributed by atoms with E-state index in [0.717, 1.165) is 16.7 Å². The highest BCUT2D eigenvalue weighted by Crippen LogP contribution is 2.24. The van der Waals surface area contributed by atoms with Crippen LogP contribution in [0.25, 0.3) is 17.2 Å². The summed E-state index contributed by atoms with van der Waals surface area (Å²) in [6.45, 7) is 0.634. The van der Waals surface area contributed by atoms with Gasteiger partial charge in [0.05, 0.1) is 12.2 Å². The van der Waals surface area contributed by atoms with Crippen molar-refractivity contribution >= 4 is 29.3 Å². The number of thiocarbonyl (C=S) groups is 1. The molecule has 1 fully saturated rings. The second-order valence-electron chi connectivity index (χ2n) is 5.82. The molecule has 128 valence electrons. The number of hydrogen-bond acceptors (Lipinski definition) is 4. The largest absolute Gasteiger partial charge is 0.328 e. The number of benzene rings is 1. The number of rotatable bonds is 4. The Morgan fingerprint density at radius 2 is 1.96 bits per heavy atom. The lowest BCUT2D eigenvalue weighted by Gasteiger charge is -2.00. The first-order chi connectivity index (χ1) is 12.7. The van der Waals surface area contributed by atoms with E-state index in [-0.39, 0.29) is 5.91 Å². The van der Waals surface area contributed by atoms with E-state index in [4.69, 9.17) is 12.2 Å². The van der Waals surface area contributed by atoms with Gasteiger partial charge in [-0.3, -0.25) is 19.8 Å². The van der Waals surface area contributed by atoms with Gasteiger partial charge in [0.2, 0.25) is 0 Å². The van der Waals surface area contributed by atoms with Crippen molar-refractivity contribution in [3.05, 3.63) is 78.0 Å². The average molecular weight is 361 g/mol. The first-order valence-electron chi connectivity index (χ1n) is 8.05. The SMILES string of the molecule is O=C1NC(=S)N/C1=C\c1nn(Cc2ccccc2)cc1-c1cccnc1. The Balaban J connectivity index is 1.75. The monoisotopic (exact) mass is 361 g/mol. The Morgan fingerprint density at radius 1 is 1.12 bits per heavy atom. The van der Waals surface area contributed by atoms with E-state index in [1.54, 1.807) is 18.5 Å². The molecule has 0 aliphatic carbocycles. The van der Waals surface area contributed by atoms with Crippen LogP contribution in [0, 0.1) is 0 Å². The number of aromatic nitrogens is 3. The number of carbonyl (C=O) groups excluding carboxylic acids is 1. The van der Waals surface area contributed by atoms with Gasteiger partial charge in [-0.1, -0.05) is 36.4 Å². The fraction of sp³-hybridized carbons (Fsp3) is 0.0526. The van der Waals surface area contributed by atoms with Crippen molar-refractivity contribution in [2.45, 2.75) is 6.54 Å². The van der Waals surface area contributed by atoms with Crippen LogP contribution in [0.1, 0.15) is 11.3 Å². The highest BCUT2D eigenvalue weighted by molar-refractivity contribution is 7.80. The smallest absolute Gasteiger partial charge is 0.273 e. The van der Waals surface area contributed by atoms with Gasteiger partial charge in [0.15, 0.2) is 5.11 Å². The number of hydrogen-bond donors (Lipinski definition) is 2. The summed E-state index contributed by atoms with van der Waals surface area (Å²) in [5.41, 5.74) is 4.03. The van der Waals surface area contributed by atoms with Crippen molar-refractivity contribution in [3.63, 3.8) is 0 Å². The van der Waals surface area contributed by atoms with Crippen LogP contribution in [0.3, 0.4) is 0 Å². The Bertz CT molecular complexity index is 995. The molecule has 3 heterocycles. The van der Waals surface area contributed by atoms with E-state index in [0.29, 0.717) is 23.0 Å². The van der Waals surface area contributed by atoms with Gasteiger partial charge in [-0.15, -0.1) is 0 Å². The maximum atomic E-state index is 12.0. The lowest BCUT2D eigenvalue weighted by atomic mass is 10.1. The average Bonchev–Trinajstić information content (AvgIpc) is 3.19. The maximum absolute atomic E-state index is 12.0. The first kappa shape index (κ1) is 16.2. The topological polar surface area (TPSA) is 71.8 Å². The molecule has 0 atom stereocenters. The molecule has 1 amide bonds. The van der Waals surface area contributed by atoms with Crippen molar-refractivity contribution in [2.24, 2.45) is 0 Å². The van der Waals surface area contributed by atoms with E-state index < -0.39 is 0 Å². The fourth-order valence-electron chi connectivity index (χ4n) is 2.76. The second-order valence-corrected chi connectivity index (χ2v) is 6.23. The van der Waals surface area contributed by atoms with Gasteiger partial charge in [-0.25, -0.2) is 0 Å². The standard InChI is InChI=1S/C19H15N5OS/c25-18-17(21-19(26)22-18)9-16-15(14-7-4-8-20-10-14)12-24(23-16)11-13-5-2-1-3-6-13/h1-10,12H,11H2,(H2,21,22,25,26)/b17-9-. The van der Waals surface area contributed by atoms with E-state index in [1.165, 1.54) is 0 Å². The first-order valence-corrected chi connectivity index (χ1v) is 8.46. The fourth-order valence-corrected chi connectivity index (χ4v) is 2.96. The van der Waals surface area contributed by atoms with Crippen LogP contribution in [0.15, 0.2) is 66.8 Å². The summed E-state index contributed by atoms with van der Waals surface area (Å²) in [7, 11) is 0. The third kappa shape index (κ3) is 3.38. The molecule has 0 bridgehead atoms. The van der Waals surface area contributed by atoms with E-state index >= 15 is 0 Å². The number of nitrogens with one attached hydrogen (secondary N) is 2. The Kier molecular flexibility index (Phi) is 4.28. The normalized spacial score (nSPS) is 15.2. The van der Waals surface area contributed by atoms with Crippen molar-refractivity contribution < 1.29 is 4.79 Å². The number of carbonyl (C=O) groups is 1. The Hall–Kier alpha value is -3.32. The van der Waals surface area contributed by atoms with Crippen LogP contribution >= 0.6 is 12.2 Å². The molecule has 0 radical (unpaired) electrons. The molecule has 26 heavy (non-hydrogen) atoms. The van der Waals surface area contributed by atoms with E-state index in [2.05, 4.69) is 20.7 Å². The van der Waals surface area contributed by atoms with Gasteiger partial charge in [-0.2, -0.15) is 5.10 Å². The molecule has 1 aliphatic heterocycles. The zero-order chi connectivity index (χ0) is 17.9. The van der Waals surface area contributed by atoms with E-state index in [9.17, 15) is 4.79 Å². The maximum Gasteiger partial charge on any atom is 0.273 e. The van der Waals surface area contributed by atoms with Gasteiger partial charge >= 0.3 is 0 Å². The number of pyridine rings is 1. The van der Waals surface area contributed by atoms with Crippen LogP contribution in [-0.4, -0.2) is 25.8 Å². The minimum Gasteiger partial charge on any atom is -0.328 e. The third-order valence-corrected chi connectivity index (χ3v) is 4.16. The molecule has 2 N–H and O–H groups in total. The van der Waals surface area contributed by atoms with Gasteiger partial charge in [0, 0.05) is 29.7 Å². The molecule has 3 aromatic rings. The van der Waals surface area contributed by atoms with Crippen molar-refractivity contribution in [1.82, 2.24) is 25.4 Å². The summed E-state index contributed by atoms with van der Waals surface area (Å²) in [6, 6.07) is 13.9. The second kappa shape index (κ2) is 6.89. The molecular formula is C19H15N5OS. The van der Waals surface area contributed by atoms with Crippen LogP contribution in [-0.2, 0) is 11.3 Å². The molecular weight excluding hydrogens is 346 g/mol. The van der Waals surface area contributed by atoms with Crippen molar-refractivity contribution in [3.8, 4) is 11.1 Å². The number of amides is 1. The molecule has 6 nitrogen and oxygen atoms in total. The third-order valence-electron chi connectivity index (χ3n) is 3.95. The summed E-state index contributed by atoms with van der Waals surface area (Å²) < 4.78 is 1.86. The van der Waals surface area contributed by atoms with Crippen LogP contribution < -0.4 is 10.6 Å². The summed E-state index contributed by atoms with van der Waals surface area (Å²) in [5.74, 6) is -0.259. The zero-order valence-corrected chi connectivity index (χ0v) is 14.5. The molecule has 0 saturated carbocycles. The molecule has 1 aromatic carbocycles. The zero-order valence-electron chi connectivity index (χ0n) is 13.7. The van der Waals surface area contributed by atoms with Crippen LogP contribution in [0.4, 0.5) is 0 Å². The minimum absolute atomic E-state index is 0.259. The molecule has 1 aliphatic rings. The van der Waals surface area contributed by atoms with Gasteiger partial charge < -0.3 is 5.32 Å². The van der Waals surface area contributed by atoms with Gasteiger partial charge in [0.25, 0.3) is 5.91 Å². The van der Waals surface area contributed by atoms with Crippen LogP contribution in [0.5, 0.6) is 0 Å². The molecule has 7 heteroatoms. The lowest BCUT2D eigenvalue weighted by Crippen LogP contribution is -2.21. The molecule has 4 rings (SSSR count). The van der Waals surface area contributed by atoms with E-state index in [1.807, 2.05) is 53.3 Å². The summed E-state index contributed by atoms with van der Waals surface area (Å²) >= 11 is 4.99. The Morgan fingerprint density at radius 3 is 2.65 bits per heavy atom. The summed E-state index contributed by atoms with van der Waals surface area (Å²) in [4.78, 5) is 16.1. The summed E-state index contributed by atoms with van der Waals surface area (Å²) in [5, 5.41) is 10.4. The van der Waals surface area contributed by atoms with Gasteiger partial charge in [0.1, 0.15) is 5.70 Å². The van der Waals surface area contributed by atoms with Crippen molar-refractivity contribution in [2.75, 3.05) is 0 Å². The quantitative estimate of drug-likeness (QED) is 0.551. The number of nitrogens with zero attached hydrogens (tertiary/aromatic N) is 3. The molecule has 1 saturated heterocycles. The molecule has 0 unspecified atom stereocenters. The predicted octanol–water partition coefficient (Wildman–Crippen LogP) is 2.34.